The smallest absolute Gasteiger partial charge is 0.260 e. The van der Waals surface area contributed by atoms with E-state index in [9.17, 15) is 9.59 Å². The van der Waals surface area contributed by atoms with Crippen molar-refractivity contribution in [2.75, 3.05) is 5.43 Å². The van der Waals surface area contributed by atoms with Crippen LogP contribution in [-0.4, -0.2) is 17.9 Å². The second-order valence-electron chi connectivity index (χ2n) is 3.55. The van der Waals surface area contributed by atoms with E-state index in [1.54, 1.807) is 31.2 Å². The first-order chi connectivity index (χ1) is 7.99. The van der Waals surface area contributed by atoms with Crippen molar-refractivity contribution in [3.8, 4) is 0 Å². The van der Waals surface area contributed by atoms with Crippen LogP contribution in [0.4, 0.5) is 5.69 Å². The number of hydrogen-bond acceptors (Lipinski definition) is 3. The first-order valence-corrected chi connectivity index (χ1v) is 5.45. The molecule has 0 aromatic heterocycles. The number of halogens is 1. The van der Waals surface area contributed by atoms with E-state index in [-0.39, 0.29) is 11.8 Å². The van der Waals surface area contributed by atoms with Crippen LogP contribution in [-0.2, 0) is 9.59 Å². The highest BCUT2D eigenvalue weighted by molar-refractivity contribution is 6.30. The van der Waals surface area contributed by atoms with Gasteiger partial charge in [0.25, 0.3) is 5.91 Å². The number of nitrogens with one attached hydrogen (secondary N) is 3. The normalized spacial score (nSPS) is 11.5. The minimum atomic E-state index is -0.598. The summed E-state index contributed by atoms with van der Waals surface area (Å²) in [5.41, 5.74) is 5.84. The Morgan fingerprint density at radius 3 is 2.65 bits per heavy atom. The fourth-order valence-corrected chi connectivity index (χ4v) is 1.37. The molecular formula is C11H14ClN3O2. The number of carbonyl (C=O) groups is 2. The molecule has 0 heterocycles. The van der Waals surface area contributed by atoms with Gasteiger partial charge >= 0.3 is 0 Å². The number of anilines is 1. The summed E-state index contributed by atoms with van der Waals surface area (Å²) in [6.07, 6.45) is 0. The van der Waals surface area contributed by atoms with Crippen molar-refractivity contribution in [1.82, 2.24) is 10.7 Å². The van der Waals surface area contributed by atoms with Crippen LogP contribution in [0.15, 0.2) is 24.3 Å². The van der Waals surface area contributed by atoms with Crippen molar-refractivity contribution < 1.29 is 9.59 Å². The zero-order valence-corrected chi connectivity index (χ0v) is 10.3. The van der Waals surface area contributed by atoms with Crippen molar-refractivity contribution in [3.05, 3.63) is 29.3 Å². The first-order valence-electron chi connectivity index (χ1n) is 5.07. The second-order valence-corrected chi connectivity index (χ2v) is 3.98. The lowest BCUT2D eigenvalue weighted by Crippen LogP contribution is -2.45. The molecule has 17 heavy (non-hydrogen) atoms. The van der Waals surface area contributed by atoms with Crippen LogP contribution < -0.4 is 16.2 Å². The summed E-state index contributed by atoms with van der Waals surface area (Å²) in [5.74, 6) is -0.587. The standard InChI is InChI=1S/C11H14ClN3O2/c1-7(13-8(2)16)11(17)15-14-10-5-3-4-9(12)6-10/h3-7,14H,1-2H3,(H,13,16)(H,15,17). The third-order valence-electron chi connectivity index (χ3n) is 1.97. The van der Waals surface area contributed by atoms with Crippen LogP contribution >= 0.6 is 11.6 Å². The van der Waals surface area contributed by atoms with Crippen molar-refractivity contribution >= 4 is 29.1 Å². The van der Waals surface area contributed by atoms with Gasteiger partial charge in [0.15, 0.2) is 0 Å². The van der Waals surface area contributed by atoms with Gasteiger partial charge < -0.3 is 5.32 Å². The minimum Gasteiger partial charge on any atom is -0.345 e. The van der Waals surface area contributed by atoms with E-state index in [0.717, 1.165) is 0 Å². The van der Waals surface area contributed by atoms with E-state index >= 15 is 0 Å². The van der Waals surface area contributed by atoms with E-state index < -0.39 is 6.04 Å². The lowest BCUT2D eigenvalue weighted by molar-refractivity contribution is -0.127. The molecule has 0 fully saturated rings. The Hall–Kier alpha value is -1.75. The maximum Gasteiger partial charge on any atom is 0.260 e. The molecule has 2 amide bonds. The Balaban J connectivity index is 2.45. The van der Waals surface area contributed by atoms with Gasteiger partial charge in [0.1, 0.15) is 6.04 Å². The molecule has 1 atom stereocenters. The number of carbonyl (C=O) groups excluding carboxylic acids is 2. The second kappa shape index (κ2) is 6.10. The first kappa shape index (κ1) is 13.3. The molecule has 5 nitrogen and oxygen atoms in total. The van der Waals surface area contributed by atoms with Gasteiger partial charge in [-0.15, -0.1) is 0 Å². The average Bonchev–Trinajstić information content (AvgIpc) is 2.25. The highest BCUT2D eigenvalue weighted by Gasteiger charge is 2.12. The SMILES string of the molecule is CC(=O)NC(C)C(=O)NNc1cccc(Cl)c1. The molecule has 1 unspecified atom stereocenters. The Bertz CT molecular complexity index is 423. The van der Waals surface area contributed by atoms with E-state index in [2.05, 4.69) is 16.2 Å². The molecule has 0 spiro atoms. The molecule has 6 heteroatoms. The quantitative estimate of drug-likeness (QED) is 0.711. The molecule has 0 aliphatic carbocycles. The summed E-state index contributed by atoms with van der Waals surface area (Å²) in [6, 6.07) is 6.32. The summed E-state index contributed by atoms with van der Waals surface area (Å²) < 4.78 is 0. The van der Waals surface area contributed by atoms with Gasteiger partial charge in [-0.25, -0.2) is 0 Å². The van der Waals surface area contributed by atoms with Crippen LogP contribution in [0.1, 0.15) is 13.8 Å². The van der Waals surface area contributed by atoms with Crippen LogP contribution in [0.3, 0.4) is 0 Å². The van der Waals surface area contributed by atoms with E-state index in [0.29, 0.717) is 10.7 Å². The minimum absolute atomic E-state index is 0.254. The van der Waals surface area contributed by atoms with Crippen LogP contribution in [0.25, 0.3) is 0 Å². The molecular weight excluding hydrogens is 242 g/mol. The lowest BCUT2D eigenvalue weighted by Gasteiger charge is -2.14. The summed E-state index contributed by atoms with van der Waals surface area (Å²) in [4.78, 5) is 22.3. The summed E-state index contributed by atoms with van der Waals surface area (Å²) in [7, 11) is 0. The molecule has 1 aromatic rings. The molecule has 1 aromatic carbocycles. The third kappa shape index (κ3) is 4.74. The van der Waals surface area contributed by atoms with Crippen molar-refractivity contribution in [2.45, 2.75) is 19.9 Å². The largest absolute Gasteiger partial charge is 0.345 e. The fourth-order valence-electron chi connectivity index (χ4n) is 1.18. The molecule has 0 saturated carbocycles. The monoisotopic (exact) mass is 255 g/mol. The maximum atomic E-state index is 11.5. The Labute approximate surface area is 105 Å². The van der Waals surface area contributed by atoms with Crippen molar-refractivity contribution in [3.63, 3.8) is 0 Å². The van der Waals surface area contributed by atoms with Crippen molar-refractivity contribution in [1.29, 1.82) is 0 Å². The molecule has 0 bridgehead atoms. The maximum absolute atomic E-state index is 11.5. The van der Waals surface area contributed by atoms with Gasteiger partial charge in [-0.2, -0.15) is 0 Å². The van der Waals surface area contributed by atoms with Gasteiger partial charge in [-0.1, -0.05) is 17.7 Å². The average molecular weight is 256 g/mol. The van der Waals surface area contributed by atoms with Gasteiger partial charge in [0, 0.05) is 11.9 Å². The molecule has 1 rings (SSSR count). The van der Waals surface area contributed by atoms with E-state index in [1.807, 2.05) is 0 Å². The third-order valence-corrected chi connectivity index (χ3v) is 2.20. The zero-order valence-electron chi connectivity index (χ0n) is 9.58. The summed E-state index contributed by atoms with van der Waals surface area (Å²) >= 11 is 5.78. The topological polar surface area (TPSA) is 70.2 Å². The Morgan fingerprint density at radius 1 is 1.35 bits per heavy atom. The molecule has 0 aliphatic heterocycles. The Kier molecular flexibility index (Phi) is 4.78. The van der Waals surface area contributed by atoms with Crippen LogP contribution in [0.5, 0.6) is 0 Å². The predicted molar refractivity (Wildman–Crippen MR) is 66.5 cm³/mol. The predicted octanol–water partition coefficient (Wildman–Crippen LogP) is 1.31. The molecule has 0 aliphatic rings. The number of benzene rings is 1. The van der Waals surface area contributed by atoms with E-state index in [4.69, 9.17) is 11.6 Å². The molecule has 0 radical (unpaired) electrons. The van der Waals surface area contributed by atoms with Crippen LogP contribution in [0.2, 0.25) is 5.02 Å². The van der Waals surface area contributed by atoms with Gasteiger partial charge in [-0.3, -0.25) is 20.4 Å². The van der Waals surface area contributed by atoms with Gasteiger partial charge in [0.05, 0.1) is 5.69 Å². The Morgan fingerprint density at radius 2 is 2.06 bits per heavy atom. The summed E-state index contributed by atoms with van der Waals surface area (Å²) in [6.45, 7) is 2.95. The highest BCUT2D eigenvalue weighted by Crippen LogP contribution is 2.13. The number of hydrazine groups is 1. The van der Waals surface area contributed by atoms with Crippen LogP contribution in [0, 0.1) is 0 Å². The fraction of sp³-hybridized carbons (Fsp3) is 0.273. The summed E-state index contributed by atoms with van der Waals surface area (Å²) in [5, 5.41) is 3.04. The number of amides is 2. The number of hydrogen-bond donors (Lipinski definition) is 3. The highest BCUT2D eigenvalue weighted by atomic mass is 35.5. The van der Waals surface area contributed by atoms with E-state index in [1.165, 1.54) is 6.92 Å². The molecule has 92 valence electrons. The zero-order chi connectivity index (χ0) is 12.8. The number of rotatable bonds is 4. The molecule has 3 N–H and O–H groups in total. The van der Waals surface area contributed by atoms with Gasteiger partial charge in [-0.05, 0) is 25.1 Å². The lowest BCUT2D eigenvalue weighted by atomic mass is 10.3. The van der Waals surface area contributed by atoms with Gasteiger partial charge in [0.2, 0.25) is 5.91 Å². The molecule has 0 saturated heterocycles. The van der Waals surface area contributed by atoms with Crippen molar-refractivity contribution in [2.24, 2.45) is 0 Å².